The van der Waals surface area contributed by atoms with E-state index in [-0.39, 0.29) is 23.3 Å². The molecule has 0 unspecified atom stereocenters. The van der Waals surface area contributed by atoms with Crippen molar-refractivity contribution in [1.82, 2.24) is 19.2 Å². The quantitative estimate of drug-likeness (QED) is 0.391. The molecule has 34 heavy (non-hydrogen) atoms. The molecule has 176 valence electrons. The third-order valence-corrected chi connectivity index (χ3v) is 8.00. The first-order valence-electron chi connectivity index (χ1n) is 11.2. The molecule has 0 N–H and O–H groups in total. The Balaban J connectivity index is 1.31. The second-order valence-electron chi connectivity index (χ2n) is 8.46. The van der Waals surface area contributed by atoms with E-state index in [1.807, 2.05) is 41.0 Å². The van der Waals surface area contributed by atoms with E-state index in [0.717, 1.165) is 42.0 Å². The Kier molecular flexibility index (Phi) is 5.54. The Hall–Kier alpha value is -2.89. The van der Waals surface area contributed by atoms with Gasteiger partial charge in [-0.2, -0.15) is 0 Å². The summed E-state index contributed by atoms with van der Waals surface area (Å²) in [5, 5.41) is 11.2. The molecule has 9 nitrogen and oxygen atoms in total. The average molecular weight is 498 g/mol. The highest BCUT2D eigenvalue weighted by molar-refractivity contribution is 7.99. The Labute approximate surface area is 203 Å². The van der Waals surface area contributed by atoms with E-state index < -0.39 is 0 Å². The van der Waals surface area contributed by atoms with Gasteiger partial charge in [-0.05, 0) is 48.9 Å². The van der Waals surface area contributed by atoms with Crippen molar-refractivity contribution < 1.29 is 14.3 Å². The molecular weight excluding hydrogens is 474 g/mol. The monoisotopic (exact) mass is 497 g/mol. The lowest BCUT2D eigenvalue weighted by atomic mass is 10.1. The summed E-state index contributed by atoms with van der Waals surface area (Å²) in [5.74, 6) is 1.38. The predicted octanol–water partition coefficient (Wildman–Crippen LogP) is 3.11. The number of ether oxygens (including phenoxy) is 2. The van der Waals surface area contributed by atoms with Gasteiger partial charge >= 0.3 is 0 Å². The topological polar surface area (TPSA) is 91.0 Å². The summed E-state index contributed by atoms with van der Waals surface area (Å²) in [5.41, 5.74) is 2.56. The minimum absolute atomic E-state index is 0.00172. The average Bonchev–Trinajstić information content (AvgIpc) is 3.60. The molecule has 2 aliphatic rings. The first kappa shape index (κ1) is 21.6. The maximum absolute atomic E-state index is 13.2. The third-order valence-electron chi connectivity index (χ3n) is 6.20. The van der Waals surface area contributed by atoms with Crippen LogP contribution in [-0.2, 0) is 16.1 Å². The van der Waals surface area contributed by atoms with E-state index in [1.54, 1.807) is 9.47 Å². The van der Waals surface area contributed by atoms with Gasteiger partial charge in [0.05, 0.1) is 36.2 Å². The summed E-state index contributed by atoms with van der Waals surface area (Å²) in [6.07, 6.45) is 1.92. The number of hydrogen-bond acceptors (Lipinski definition) is 8. The molecule has 11 heteroatoms. The summed E-state index contributed by atoms with van der Waals surface area (Å²) in [4.78, 5) is 28.1. The van der Waals surface area contributed by atoms with Gasteiger partial charge in [-0.15, -0.1) is 21.5 Å². The number of rotatable bonds is 5. The summed E-state index contributed by atoms with van der Waals surface area (Å²) in [7, 11) is 0. The summed E-state index contributed by atoms with van der Waals surface area (Å²) in [6.45, 7) is 4.13. The molecule has 0 radical (unpaired) electrons. The van der Waals surface area contributed by atoms with Gasteiger partial charge in [0.2, 0.25) is 11.7 Å². The highest BCUT2D eigenvalue weighted by atomic mass is 32.2. The van der Waals surface area contributed by atoms with Crippen LogP contribution >= 0.6 is 23.1 Å². The fourth-order valence-corrected chi connectivity index (χ4v) is 6.18. The number of carbonyl (C=O) groups excluding carboxylic acids is 1. The van der Waals surface area contributed by atoms with E-state index >= 15 is 0 Å². The zero-order valence-corrected chi connectivity index (χ0v) is 20.2. The van der Waals surface area contributed by atoms with Crippen LogP contribution in [0.4, 0.5) is 5.69 Å². The zero-order valence-electron chi connectivity index (χ0n) is 18.6. The molecule has 3 aromatic heterocycles. The van der Waals surface area contributed by atoms with Gasteiger partial charge in [0.15, 0.2) is 5.16 Å². The van der Waals surface area contributed by atoms with Gasteiger partial charge < -0.3 is 14.4 Å². The summed E-state index contributed by atoms with van der Waals surface area (Å²) in [6, 6.07) is 7.76. The molecule has 4 aromatic rings. The van der Waals surface area contributed by atoms with Crippen LogP contribution in [-0.4, -0.2) is 56.7 Å². The largest absolute Gasteiger partial charge is 0.490 e. The van der Waals surface area contributed by atoms with Crippen LogP contribution in [0.5, 0.6) is 5.75 Å². The normalized spacial score (nSPS) is 17.9. The molecule has 1 amide bonds. The van der Waals surface area contributed by atoms with E-state index in [9.17, 15) is 9.59 Å². The van der Waals surface area contributed by atoms with E-state index in [4.69, 9.17) is 9.47 Å². The number of anilines is 1. The van der Waals surface area contributed by atoms with Crippen LogP contribution < -0.4 is 15.2 Å². The fourth-order valence-electron chi connectivity index (χ4n) is 4.54. The molecule has 1 saturated heterocycles. The second kappa shape index (κ2) is 8.71. The van der Waals surface area contributed by atoms with Crippen molar-refractivity contribution in [2.45, 2.75) is 37.6 Å². The van der Waals surface area contributed by atoms with E-state index in [0.29, 0.717) is 35.3 Å². The molecule has 6 rings (SSSR count). The Bertz CT molecular complexity index is 1450. The maximum Gasteiger partial charge on any atom is 0.272 e. The number of benzene rings is 1. The number of amides is 1. The maximum atomic E-state index is 13.2. The first-order chi connectivity index (χ1) is 16.6. The van der Waals surface area contributed by atoms with E-state index in [2.05, 4.69) is 10.2 Å². The number of thioether (sulfide) groups is 1. The minimum atomic E-state index is -0.0756. The van der Waals surface area contributed by atoms with Crippen molar-refractivity contribution in [2.75, 3.05) is 30.4 Å². The van der Waals surface area contributed by atoms with Crippen molar-refractivity contribution >= 4 is 50.7 Å². The molecule has 5 heterocycles. The van der Waals surface area contributed by atoms with Crippen LogP contribution in [0.15, 0.2) is 39.6 Å². The zero-order chi connectivity index (χ0) is 23.2. The van der Waals surface area contributed by atoms with Crippen molar-refractivity contribution in [1.29, 1.82) is 0 Å². The smallest absolute Gasteiger partial charge is 0.272 e. The molecule has 1 atom stereocenters. The lowest BCUT2D eigenvalue weighted by Gasteiger charge is -2.29. The van der Waals surface area contributed by atoms with Crippen LogP contribution in [0.1, 0.15) is 18.4 Å². The molecule has 1 fully saturated rings. The molecule has 2 aliphatic heterocycles. The second-order valence-corrected chi connectivity index (χ2v) is 10.3. The highest BCUT2D eigenvalue weighted by Crippen LogP contribution is 2.33. The fraction of sp³-hybridized carbons (Fsp3) is 0.391. The van der Waals surface area contributed by atoms with Gasteiger partial charge in [0.1, 0.15) is 17.1 Å². The number of aromatic nitrogens is 4. The number of nitrogens with zero attached hydrogens (tertiary/aromatic N) is 5. The van der Waals surface area contributed by atoms with Crippen LogP contribution in [0, 0.1) is 6.92 Å². The van der Waals surface area contributed by atoms with Gasteiger partial charge in [0.25, 0.3) is 5.56 Å². The number of carbonyl (C=O) groups is 1. The Morgan fingerprint density at radius 1 is 1.26 bits per heavy atom. The summed E-state index contributed by atoms with van der Waals surface area (Å²) >= 11 is 2.73. The van der Waals surface area contributed by atoms with Gasteiger partial charge in [-0.25, -0.2) is 0 Å². The van der Waals surface area contributed by atoms with Crippen LogP contribution in [0.3, 0.4) is 0 Å². The van der Waals surface area contributed by atoms with Crippen molar-refractivity contribution in [3.05, 3.63) is 45.6 Å². The molecule has 0 saturated carbocycles. The van der Waals surface area contributed by atoms with Gasteiger partial charge in [0, 0.05) is 6.61 Å². The molecule has 0 spiro atoms. The standard InChI is InChI=1S/C23H23N5O4S2/c1-14-4-5-18-17(11-14)26(7-9-32-18)19(29)13-34-23-25-24-22-27(12-15-3-2-8-31-15)21(30)20-16(28(22)23)6-10-33-20/h4-6,10-11,15H,2-3,7-9,12-13H2,1H3/t15-/m0/s1. The van der Waals surface area contributed by atoms with Crippen molar-refractivity contribution in [3.63, 3.8) is 0 Å². The lowest BCUT2D eigenvalue weighted by molar-refractivity contribution is -0.116. The number of aryl methyl sites for hydroxylation is 1. The molecule has 1 aromatic carbocycles. The summed E-state index contributed by atoms with van der Waals surface area (Å²) < 4.78 is 15.7. The number of hydrogen-bond donors (Lipinski definition) is 0. The lowest BCUT2D eigenvalue weighted by Crippen LogP contribution is -2.39. The molecule has 0 aliphatic carbocycles. The number of fused-ring (bicyclic) bond motifs is 4. The number of thiophene rings is 1. The predicted molar refractivity (Wildman–Crippen MR) is 131 cm³/mol. The third kappa shape index (κ3) is 3.68. The highest BCUT2D eigenvalue weighted by Gasteiger charge is 2.26. The van der Waals surface area contributed by atoms with Crippen molar-refractivity contribution in [3.8, 4) is 5.75 Å². The van der Waals surface area contributed by atoms with E-state index in [1.165, 1.54) is 23.1 Å². The van der Waals surface area contributed by atoms with Crippen LogP contribution in [0.25, 0.3) is 16.0 Å². The Morgan fingerprint density at radius 3 is 3.03 bits per heavy atom. The molecular formula is C23H23N5O4S2. The van der Waals surface area contributed by atoms with Gasteiger partial charge in [-0.3, -0.25) is 18.6 Å². The minimum Gasteiger partial charge on any atom is -0.490 e. The van der Waals surface area contributed by atoms with Crippen LogP contribution in [0.2, 0.25) is 0 Å². The van der Waals surface area contributed by atoms with Crippen molar-refractivity contribution in [2.24, 2.45) is 0 Å². The first-order valence-corrected chi connectivity index (χ1v) is 13.1. The van der Waals surface area contributed by atoms with Gasteiger partial charge in [-0.1, -0.05) is 17.8 Å². The Morgan fingerprint density at radius 2 is 2.18 bits per heavy atom. The SMILES string of the molecule is Cc1ccc2c(c1)N(C(=O)CSc1nnc3n(C[C@@H]4CCCO4)c(=O)c4sccc4n13)CCO2. The molecule has 0 bridgehead atoms.